The van der Waals surface area contributed by atoms with Crippen molar-refractivity contribution in [2.24, 2.45) is 5.92 Å². The second-order valence-corrected chi connectivity index (χ2v) is 7.93. The summed E-state index contributed by atoms with van der Waals surface area (Å²) in [6.45, 7) is 2.43. The van der Waals surface area contributed by atoms with Gasteiger partial charge in [0.1, 0.15) is 0 Å². The molecule has 20 heavy (non-hydrogen) atoms. The smallest absolute Gasteiger partial charge is 0.262 e. The molecule has 2 unspecified atom stereocenters. The molecule has 1 aliphatic heterocycles. The van der Waals surface area contributed by atoms with Crippen molar-refractivity contribution < 1.29 is 17.9 Å². The lowest BCUT2D eigenvalue weighted by Gasteiger charge is -2.14. The topological polar surface area (TPSA) is 72.5 Å². The normalized spacial score (nSPS) is 22.8. The molecule has 0 radical (unpaired) electrons. The fourth-order valence-electron chi connectivity index (χ4n) is 2.09. The monoisotopic (exact) mass is 381 g/mol. The Hall–Kier alpha value is -0.630. The lowest BCUT2D eigenvalue weighted by Crippen LogP contribution is -2.27. The lowest BCUT2D eigenvalue weighted by molar-refractivity contribution is -0.121. The molecule has 1 N–H and O–H groups in total. The van der Waals surface area contributed by atoms with Crippen molar-refractivity contribution in [1.29, 1.82) is 0 Å². The van der Waals surface area contributed by atoms with Gasteiger partial charge in [-0.1, -0.05) is 0 Å². The number of carbonyl (C=O) groups excluding carboxylic acids is 1. The highest BCUT2D eigenvalue weighted by atomic mass is 79.9. The van der Waals surface area contributed by atoms with Crippen molar-refractivity contribution in [2.45, 2.75) is 24.3 Å². The van der Waals surface area contributed by atoms with E-state index in [0.717, 1.165) is 0 Å². The highest BCUT2D eigenvalue weighted by Crippen LogP contribution is 2.29. The maximum Gasteiger partial charge on any atom is 0.262 e. The van der Waals surface area contributed by atoms with E-state index in [2.05, 4.69) is 21.2 Å². The Morgan fingerprint density at radius 2 is 2.20 bits per heavy atom. The van der Waals surface area contributed by atoms with Crippen LogP contribution in [0, 0.1) is 5.92 Å². The lowest BCUT2D eigenvalue weighted by atomic mass is 10.0. The van der Waals surface area contributed by atoms with Gasteiger partial charge in [0.25, 0.3) is 9.05 Å². The molecule has 1 aromatic rings. The fourth-order valence-corrected chi connectivity index (χ4v) is 4.31. The van der Waals surface area contributed by atoms with Gasteiger partial charge in [0.15, 0.2) is 0 Å². The zero-order valence-electron chi connectivity index (χ0n) is 10.6. The van der Waals surface area contributed by atoms with Gasteiger partial charge >= 0.3 is 0 Å². The van der Waals surface area contributed by atoms with Crippen molar-refractivity contribution in [3.63, 3.8) is 0 Å². The zero-order chi connectivity index (χ0) is 14.9. The van der Waals surface area contributed by atoms with E-state index in [-0.39, 0.29) is 22.8 Å². The van der Waals surface area contributed by atoms with Crippen LogP contribution in [0.1, 0.15) is 13.3 Å². The van der Waals surface area contributed by atoms with Gasteiger partial charge in [0.05, 0.1) is 16.9 Å². The molecule has 0 aromatic heterocycles. The van der Waals surface area contributed by atoms with E-state index in [4.69, 9.17) is 15.4 Å². The van der Waals surface area contributed by atoms with Crippen LogP contribution in [0.15, 0.2) is 27.6 Å². The Morgan fingerprint density at radius 3 is 2.70 bits per heavy atom. The highest BCUT2D eigenvalue weighted by molar-refractivity contribution is 9.10. The molecular weight excluding hydrogens is 370 g/mol. The summed E-state index contributed by atoms with van der Waals surface area (Å²) in [5.74, 6) is -0.325. The Kier molecular flexibility index (Phi) is 4.73. The number of hydrogen-bond acceptors (Lipinski definition) is 4. The molecule has 0 bridgehead atoms. The molecule has 0 spiro atoms. The molecule has 8 heteroatoms. The van der Waals surface area contributed by atoms with Crippen molar-refractivity contribution >= 4 is 47.3 Å². The molecule has 2 atom stereocenters. The standard InChI is InChI=1S/C12H13BrClNO4S/c1-7-9(4-5-19-7)12(16)15-8-2-3-11(10(13)6-8)20(14,17)18/h2-3,6-7,9H,4-5H2,1H3,(H,15,16). The minimum absolute atomic E-state index is 0.0327. The molecule has 0 saturated carbocycles. The van der Waals surface area contributed by atoms with Gasteiger partial charge < -0.3 is 10.1 Å². The van der Waals surface area contributed by atoms with Crippen molar-refractivity contribution in [2.75, 3.05) is 11.9 Å². The number of halogens is 2. The Balaban J connectivity index is 2.15. The Labute approximate surface area is 130 Å². The second kappa shape index (κ2) is 6.01. The Bertz CT molecular complexity index is 634. The molecule has 1 aliphatic rings. The fraction of sp³-hybridized carbons (Fsp3) is 0.417. The minimum atomic E-state index is -3.81. The van der Waals surface area contributed by atoms with Gasteiger partial charge in [-0.2, -0.15) is 0 Å². The molecule has 2 rings (SSSR count). The highest BCUT2D eigenvalue weighted by Gasteiger charge is 2.30. The molecule has 5 nitrogen and oxygen atoms in total. The van der Waals surface area contributed by atoms with E-state index in [9.17, 15) is 13.2 Å². The van der Waals surface area contributed by atoms with Gasteiger partial charge in [-0.15, -0.1) is 0 Å². The van der Waals surface area contributed by atoms with E-state index in [0.29, 0.717) is 23.2 Å². The van der Waals surface area contributed by atoms with E-state index >= 15 is 0 Å². The van der Waals surface area contributed by atoms with Gasteiger partial charge in [0, 0.05) is 27.4 Å². The van der Waals surface area contributed by atoms with E-state index in [1.165, 1.54) is 18.2 Å². The summed E-state index contributed by atoms with van der Waals surface area (Å²) in [6.07, 6.45) is 0.573. The molecule has 1 fully saturated rings. The summed E-state index contributed by atoms with van der Waals surface area (Å²) < 4.78 is 28.2. The number of nitrogens with one attached hydrogen (secondary N) is 1. The summed E-state index contributed by atoms with van der Waals surface area (Å²) in [4.78, 5) is 12.0. The average molecular weight is 383 g/mol. The first kappa shape index (κ1) is 15.8. The third-order valence-electron chi connectivity index (χ3n) is 3.18. The first-order chi connectivity index (χ1) is 9.29. The summed E-state index contributed by atoms with van der Waals surface area (Å²) in [5.41, 5.74) is 0.505. The largest absolute Gasteiger partial charge is 0.378 e. The summed E-state index contributed by atoms with van der Waals surface area (Å²) in [6, 6.07) is 4.35. The zero-order valence-corrected chi connectivity index (χ0v) is 13.8. The molecule has 1 saturated heterocycles. The van der Waals surface area contributed by atoms with E-state index in [1.54, 1.807) is 0 Å². The van der Waals surface area contributed by atoms with Gasteiger partial charge in [-0.05, 0) is 47.5 Å². The van der Waals surface area contributed by atoms with Crippen LogP contribution in [-0.4, -0.2) is 27.0 Å². The Morgan fingerprint density at radius 1 is 1.50 bits per heavy atom. The van der Waals surface area contributed by atoms with Crippen LogP contribution < -0.4 is 5.32 Å². The van der Waals surface area contributed by atoms with Crippen LogP contribution in [0.25, 0.3) is 0 Å². The molecule has 0 aliphatic carbocycles. The molecule has 1 aromatic carbocycles. The third-order valence-corrected chi connectivity index (χ3v) is 5.47. The number of hydrogen-bond donors (Lipinski definition) is 1. The van der Waals surface area contributed by atoms with Gasteiger partial charge in [-0.3, -0.25) is 4.79 Å². The van der Waals surface area contributed by atoms with E-state index in [1.807, 2.05) is 6.92 Å². The number of amides is 1. The van der Waals surface area contributed by atoms with Crippen LogP contribution in [-0.2, 0) is 18.6 Å². The van der Waals surface area contributed by atoms with Crippen LogP contribution in [0.2, 0.25) is 0 Å². The molecular formula is C12H13BrClNO4S. The number of carbonyl (C=O) groups is 1. The van der Waals surface area contributed by atoms with E-state index < -0.39 is 9.05 Å². The summed E-state index contributed by atoms with van der Waals surface area (Å²) >= 11 is 3.13. The van der Waals surface area contributed by atoms with Crippen molar-refractivity contribution in [3.8, 4) is 0 Å². The summed E-state index contributed by atoms with van der Waals surface area (Å²) in [7, 11) is 1.47. The maximum atomic E-state index is 12.1. The number of ether oxygens (including phenoxy) is 1. The number of benzene rings is 1. The van der Waals surface area contributed by atoms with Crippen molar-refractivity contribution in [1.82, 2.24) is 0 Å². The molecule has 1 amide bonds. The van der Waals surface area contributed by atoms with Crippen molar-refractivity contribution in [3.05, 3.63) is 22.7 Å². The van der Waals surface area contributed by atoms with Gasteiger partial charge in [-0.25, -0.2) is 8.42 Å². The quantitative estimate of drug-likeness (QED) is 0.816. The molecule has 1 heterocycles. The summed E-state index contributed by atoms with van der Waals surface area (Å²) in [5, 5.41) is 2.75. The van der Waals surface area contributed by atoms with Crippen LogP contribution >= 0.6 is 26.6 Å². The van der Waals surface area contributed by atoms with Crippen LogP contribution in [0.3, 0.4) is 0 Å². The second-order valence-electron chi connectivity index (χ2n) is 4.54. The first-order valence-electron chi connectivity index (χ1n) is 5.95. The third kappa shape index (κ3) is 3.52. The number of rotatable bonds is 3. The number of anilines is 1. The predicted molar refractivity (Wildman–Crippen MR) is 79.3 cm³/mol. The SMILES string of the molecule is CC1OCCC1C(=O)Nc1ccc(S(=O)(=O)Cl)c(Br)c1. The van der Waals surface area contributed by atoms with Crippen LogP contribution in [0.5, 0.6) is 0 Å². The first-order valence-corrected chi connectivity index (χ1v) is 9.06. The maximum absolute atomic E-state index is 12.1. The predicted octanol–water partition coefficient (Wildman–Crippen LogP) is 2.74. The van der Waals surface area contributed by atoms with Gasteiger partial charge in [0.2, 0.25) is 5.91 Å². The minimum Gasteiger partial charge on any atom is -0.378 e. The average Bonchev–Trinajstić information content (AvgIpc) is 2.73. The molecule has 110 valence electrons. The van der Waals surface area contributed by atoms with Crippen LogP contribution in [0.4, 0.5) is 5.69 Å².